The molecule has 0 fully saturated rings. The van der Waals surface area contributed by atoms with Gasteiger partial charge in [0.25, 0.3) is 10.0 Å². The number of ether oxygens (including phenoxy) is 1. The van der Waals surface area contributed by atoms with Crippen LogP contribution in [0.3, 0.4) is 0 Å². The topological polar surface area (TPSA) is 91.0 Å². The number of nitrogens with zero attached hydrogens (tertiary/aromatic N) is 4. The molecule has 0 aliphatic carbocycles. The lowest BCUT2D eigenvalue weighted by Gasteiger charge is -2.14. The summed E-state index contributed by atoms with van der Waals surface area (Å²) in [5.74, 6) is 0. The third kappa shape index (κ3) is 2.99. The van der Waals surface area contributed by atoms with Gasteiger partial charge in [0.05, 0.1) is 32.3 Å². The summed E-state index contributed by atoms with van der Waals surface area (Å²) in [7, 11) is -1.84. The van der Waals surface area contributed by atoms with Crippen molar-refractivity contribution in [3.8, 4) is 0 Å². The maximum Gasteiger partial charge on any atom is 0.259 e. The molecule has 3 rings (SSSR count). The highest BCUT2D eigenvalue weighted by Crippen LogP contribution is 2.15. The summed E-state index contributed by atoms with van der Waals surface area (Å²) in [6.45, 7) is 2.02. The molecule has 1 N–H and O–H groups in total. The molecule has 0 saturated heterocycles. The van der Waals surface area contributed by atoms with Gasteiger partial charge in [-0.25, -0.2) is 18.1 Å². The zero-order chi connectivity index (χ0) is 14.9. The smallest absolute Gasteiger partial charge is 0.259 e. The Bertz CT molecular complexity index is 734. The van der Waals surface area contributed by atoms with E-state index in [1.54, 1.807) is 17.8 Å². The van der Waals surface area contributed by atoms with Gasteiger partial charge in [0.1, 0.15) is 0 Å². The highest BCUT2D eigenvalue weighted by atomic mass is 32.2. The summed E-state index contributed by atoms with van der Waals surface area (Å²) in [5, 5.41) is 4.30. The van der Waals surface area contributed by atoms with Crippen molar-refractivity contribution in [2.75, 3.05) is 13.2 Å². The minimum Gasteiger partial charge on any atom is -0.376 e. The number of hydrogen-bond donors (Lipinski definition) is 1. The van der Waals surface area contributed by atoms with Crippen molar-refractivity contribution in [2.45, 2.75) is 24.6 Å². The first kappa shape index (κ1) is 14.2. The molecule has 0 amide bonds. The van der Waals surface area contributed by atoms with Crippen LogP contribution in [0.15, 0.2) is 23.7 Å². The summed E-state index contributed by atoms with van der Waals surface area (Å²) < 4.78 is 35.4. The van der Waals surface area contributed by atoms with Crippen LogP contribution in [0.1, 0.15) is 11.3 Å². The second kappa shape index (κ2) is 5.58. The van der Waals surface area contributed by atoms with Gasteiger partial charge in [-0.3, -0.25) is 4.68 Å². The average molecular weight is 311 g/mol. The van der Waals surface area contributed by atoms with Gasteiger partial charge in [0.15, 0.2) is 5.03 Å². The molecule has 0 bridgehead atoms. The van der Waals surface area contributed by atoms with E-state index in [-0.39, 0.29) is 11.6 Å². The van der Waals surface area contributed by atoms with Crippen LogP contribution in [0.25, 0.3) is 0 Å². The first-order valence-electron chi connectivity index (χ1n) is 6.65. The van der Waals surface area contributed by atoms with Gasteiger partial charge >= 0.3 is 0 Å². The Morgan fingerprint density at radius 1 is 1.48 bits per heavy atom. The van der Waals surface area contributed by atoms with Gasteiger partial charge < -0.3 is 9.30 Å². The van der Waals surface area contributed by atoms with Gasteiger partial charge in [0, 0.05) is 37.5 Å². The van der Waals surface area contributed by atoms with E-state index in [0.717, 1.165) is 17.7 Å². The number of aromatic nitrogens is 4. The fraction of sp³-hybridized carbons (Fsp3) is 0.500. The van der Waals surface area contributed by atoms with Gasteiger partial charge in [-0.2, -0.15) is 5.10 Å². The molecule has 8 nitrogen and oxygen atoms in total. The standard InChI is InChI=1S/C12H17N5O3S/c1-16-7-12(13-9-16)21(18,19)15-3-4-17-11-2-5-20-8-10(11)6-14-17/h6-7,9,15H,2-5,8H2,1H3. The van der Waals surface area contributed by atoms with E-state index in [9.17, 15) is 8.42 Å². The summed E-state index contributed by atoms with van der Waals surface area (Å²) >= 11 is 0. The molecule has 9 heteroatoms. The molecule has 114 valence electrons. The molecule has 1 aliphatic rings. The molecule has 1 aliphatic heterocycles. The maximum absolute atomic E-state index is 12.0. The lowest BCUT2D eigenvalue weighted by atomic mass is 10.2. The maximum atomic E-state index is 12.0. The van der Waals surface area contributed by atoms with Crippen LogP contribution >= 0.6 is 0 Å². The Hall–Kier alpha value is -1.71. The van der Waals surface area contributed by atoms with E-state index in [2.05, 4.69) is 14.8 Å². The summed E-state index contributed by atoms with van der Waals surface area (Å²) in [4.78, 5) is 3.85. The van der Waals surface area contributed by atoms with Crippen molar-refractivity contribution in [1.82, 2.24) is 24.1 Å². The van der Waals surface area contributed by atoms with Gasteiger partial charge in [0.2, 0.25) is 0 Å². The normalized spacial score (nSPS) is 15.1. The van der Waals surface area contributed by atoms with Crippen LogP contribution in [0.4, 0.5) is 0 Å². The van der Waals surface area contributed by atoms with Crippen molar-refractivity contribution in [2.24, 2.45) is 7.05 Å². The molecule has 21 heavy (non-hydrogen) atoms. The van der Waals surface area contributed by atoms with Crippen molar-refractivity contribution >= 4 is 10.0 Å². The third-order valence-electron chi connectivity index (χ3n) is 3.35. The Kier molecular flexibility index (Phi) is 3.79. The van der Waals surface area contributed by atoms with Gasteiger partial charge in [-0.15, -0.1) is 0 Å². The average Bonchev–Trinajstić information content (AvgIpc) is 3.06. The number of fused-ring (bicyclic) bond motifs is 1. The second-order valence-corrected chi connectivity index (χ2v) is 6.63. The third-order valence-corrected chi connectivity index (χ3v) is 4.69. The van der Waals surface area contributed by atoms with E-state index >= 15 is 0 Å². The molecule has 0 spiro atoms. The molecule has 0 unspecified atom stereocenters. The number of aryl methyl sites for hydroxylation is 1. The van der Waals surface area contributed by atoms with Crippen molar-refractivity contribution in [3.05, 3.63) is 30.0 Å². The Morgan fingerprint density at radius 3 is 3.10 bits per heavy atom. The molecular formula is C12H17N5O3S. The highest BCUT2D eigenvalue weighted by molar-refractivity contribution is 7.89. The number of nitrogens with one attached hydrogen (secondary N) is 1. The summed E-state index contributed by atoms with van der Waals surface area (Å²) in [6, 6.07) is 0. The number of imidazole rings is 1. The van der Waals surface area contributed by atoms with E-state index in [0.29, 0.717) is 19.8 Å². The highest BCUT2D eigenvalue weighted by Gasteiger charge is 2.18. The van der Waals surface area contributed by atoms with Crippen LogP contribution < -0.4 is 4.72 Å². The lowest BCUT2D eigenvalue weighted by Crippen LogP contribution is -2.28. The first-order valence-corrected chi connectivity index (χ1v) is 8.13. The molecule has 0 radical (unpaired) electrons. The lowest BCUT2D eigenvalue weighted by molar-refractivity contribution is 0.109. The number of sulfonamides is 1. The molecule has 2 aromatic rings. The summed E-state index contributed by atoms with van der Waals surface area (Å²) in [5.41, 5.74) is 2.20. The zero-order valence-corrected chi connectivity index (χ0v) is 12.5. The molecule has 0 saturated carbocycles. The Labute approximate surface area is 122 Å². The van der Waals surface area contributed by atoms with E-state index in [1.165, 1.54) is 12.5 Å². The SMILES string of the molecule is Cn1cnc(S(=O)(=O)NCCn2ncc3c2CCOC3)c1. The molecule has 3 heterocycles. The molecule has 2 aromatic heterocycles. The Morgan fingerprint density at radius 2 is 2.33 bits per heavy atom. The van der Waals surface area contributed by atoms with Crippen molar-refractivity contribution in [1.29, 1.82) is 0 Å². The molecule has 0 atom stereocenters. The predicted octanol–water partition coefficient (Wildman–Crippen LogP) is -0.332. The predicted molar refractivity (Wildman–Crippen MR) is 74.0 cm³/mol. The van der Waals surface area contributed by atoms with Gasteiger partial charge in [-0.1, -0.05) is 0 Å². The van der Waals surface area contributed by atoms with Crippen LogP contribution in [0.5, 0.6) is 0 Å². The van der Waals surface area contributed by atoms with Crippen LogP contribution in [0.2, 0.25) is 0 Å². The first-order chi connectivity index (χ1) is 10.1. The van der Waals surface area contributed by atoms with E-state index in [1.807, 2.05) is 4.68 Å². The van der Waals surface area contributed by atoms with Crippen LogP contribution in [-0.2, 0) is 41.4 Å². The van der Waals surface area contributed by atoms with E-state index in [4.69, 9.17) is 4.74 Å². The fourth-order valence-corrected chi connectivity index (χ4v) is 3.29. The number of rotatable bonds is 5. The molecule has 0 aromatic carbocycles. The van der Waals surface area contributed by atoms with Crippen molar-refractivity contribution < 1.29 is 13.2 Å². The summed E-state index contributed by atoms with van der Waals surface area (Å²) in [6.07, 6.45) is 5.51. The van der Waals surface area contributed by atoms with Crippen molar-refractivity contribution in [3.63, 3.8) is 0 Å². The molecular weight excluding hydrogens is 294 g/mol. The second-order valence-electron chi connectivity index (χ2n) is 4.92. The Balaban J connectivity index is 1.62. The minimum absolute atomic E-state index is 0.0286. The van der Waals surface area contributed by atoms with E-state index < -0.39 is 10.0 Å². The fourth-order valence-electron chi connectivity index (χ4n) is 2.29. The van der Waals surface area contributed by atoms with Crippen LogP contribution in [-0.4, -0.2) is 40.9 Å². The largest absolute Gasteiger partial charge is 0.376 e. The minimum atomic E-state index is -3.56. The quantitative estimate of drug-likeness (QED) is 0.816. The number of hydrogen-bond acceptors (Lipinski definition) is 5. The monoisotopic (exact) mass is 311 g/mol. The van der Waals surface area contributed by atoms with Gasteiger partial charge in [-0.05, 0) is 0 Å². The zero-order valence-electron chi connectivity index (χ0n) is 11.7. The van der Waals surface area contributed by atoms with Crippen LogP contribution in [0, 0.1) is 0 Å².